The Kier molecular flexibility index (Phi) is 4.08. The first kappa shape index (κ1) is 12.0. The van der Waals surface area contributed by atoms with Crippen molar-refractivity contribution < 1.29 is 9.47 Å². The zero-order valence-electron chi connectivity index (χ0n) is 10.6. The number of hydrogen-bond donors (Lipinski definition) is 0. The third-order valence-corrected chi connectivity index (χ3v) is 3.49. The van der Waals surface area contributed by atoms with Gasteiger partial charge in [0.05, 0.1) is 20.5 Å². The van der Waals surface area contributed by atoms with Gasteiger partial charge in [0.2, 0.25) is 0 Å². The molecule has 17 heavy (non-hydrogen) atoms. The molecule has 1 saturated carbocycles. The molecule has 2 heteroatoms. The molecule has 2 rings (SSSR count). The van der Waals surface area contributed by atoms with Crippen LogP contribution in [-0.4, -0.2) is 14.2 Å². The van der Waals surface area contributed by atoms with Crippen LogP contribution in [0.15, 0.2) is 24.5 Å². The van der Waals surface area contributed by atoms with Crippen LogP contribution in [0.25, 0.3) is 6.08 Å². The van der Waals surface area contributed by atoms with E-state index >= 15 is 0 Å². The van der Waals surface area contributed by atoms with Crippen LogP contribution in [0.5, 0.6) is 5.75 Å². The van der Waals surface area contributed by atoms with Crippen molar-refractivity contribution in [3.63, 3.8) is 0 Å². The molecule has 92 valence electrons. The van der Waals surface area contributed by atoms with E-state index in [4.69, 9.17) is 9.47 Å². The number of benzene rings is 1. The minimum Gasteiger partial charge on any atom is -0.504 e. The van der Waals surface area contributed by atoms with Crippen LogP contribution in [-0.2, 0) is 4.74 Å². The van der Waals surface area contributed by atoms with Gasteiger partial charge >= 0.3 is 0 Å². The summed E-state index contributed by atoms with van der Waals surface area (Å²) in [7, 11) is 3.39. The zero-order chi connectivity index (χ0) is 12.1. The Labute approximate surface area is 103 Å². The van der Waals surface area contributed by atoms with Crippen molar-refractivity contribution in [1.29, 1.82) is 0 Å². The summed E-state index contributed by atoms with van der Waals surface area (Å²) in [5.41, 5.74) is 2.57. The Morgan fingerprint density at radius 2 is 1.94 bits per heavy atom. The summed E-state index contributed by atoms with van der Waals surface area (Å²) in [5, 5.41) is 0. The Morgan fingerprint density at radius 3 is 2.59 bits per heavy atom. The molecule has 0 aliphatic heterocycles. The third kappa shape index (κ3) is 2.63. The molecule has 0 heterocycles. The van der Waals surface area contributed by atoms with Gasteiger partial charge in [0.1, 0.15) is 5.75 Å². The maximum Gasteiger partial charge on any atom is 0.126 e. The number of ether oxygens (including phenoxy) is 2. The number of hydrogen-bond acceptors (Lipinski definition) is 2. The molecule has 1 fully saturated rings. The topological polar surface area (TPSA) is 18.5 Å². The van der Waals surface area contributed by atoms with E-state index in [2.05, 4.69) is 12.1 Å². The fraction of sp³-hybridized carbons (Fsp3) is 0.467. The highest BCUT2D eigenvalue weighted by Crippen LogP contribution is 2.38. The summed E-state index contributed by atoms with van der Waals surface area (Å²) < 4.78 is 10.5. The molecule has 0 spiro atoms. The Hall–Kier alpha value is -1.44. The van der Waals surface area contributed by atoms with Crippen molar-refractivity contribution in [3.8, 4) is 5.75 Å². The molecule has 1 aromatic rings. The van der Waals surface area contributed by atoms with E-state index in [1.807, 2.05) is 12.1 Å². The molecule has 1 aliphatic rings. The molecular formula is C15H20O2. The molecule has 0 radical (unpaired) electrons. The maximum atomic E-state index is 5.44. The second-order valence-corrected chi connectivity index (χ2v) is 4.48. The lowest BCUT2D eigenvalue weighted by molar-refractivity contribution is 0.341. The largest absolute Gasteiger partial charge is 0.504 e. The lowest BCUT2D eigenvalue weighted by Gasteiger charge is -2.15. The van der Waals surface area contributed by atoms with Gasteiger partial charge in [-0.1, -0.05) is 25.0 Å². The SMILES string of the molecule is COC=Cc1c(OC)cccc1C1CCCC1. The van der Waals surface area contributed by atoms with E-state index in [-0.39, 0.29) is 0 Å². The van der Waals surface area contributed by atoms with Gasteiger partial charge in [-0.05, 0) is 36.5 Å². The van der Waals surface area contributed by atoms with Crippen LogP contribution in [0.2, 0.25) is 0 Å². The lowest BCUT2D eigenvalue weighted by atomic mass is 9.92. The van der Waals surface area contributed by atoms with E-state index < -0.39 is 0 Å². The molecule has 0 N–H and O–H groups in total. The standard InChI is InChI=1S/C15H20O2/c1-16-11-10-14-13(12-6-3-4-7-12)8-5-9-15(14)17-2/h5,8-12H,3-4,6-7H2,1-2H3. The van der Waals surface area contributed by atoms with E-state index in [1.165, 1.54) is 36.8 Å². The van der Waals surface area contributed by atoms with E-state index in [9.17, 15) is 0 Å². The predicted octanol–water partition coefficient (Wildman–Crippen LogP) is 3.97. The highest BCUT2D eigenvalue weighted by molar-refractivity contribution is 5.61. The highest BCUT2D eigenvalue weighted by Gasteiger charge is 2.20. The average molecular weight is 232 g/mol. The van der Waals surface area contributed by atoms with Crippen molar-refractivity contribution in [2.45, 2.75) is 31.6 Å². The summed E-state index contributed by atoms with van der Waals surface area (Å²) in [6.07, 6.45) is 9.00. The van der Waals surface area contributed by atoms with Crippen molar-refractivity contribution in [2.24, 2.45) is 0 Å². The lowest BCUT2D eigenvalue weighted by Crippen LogP contribution is -1.98. The Bertz CT molecular complexity index is 390. The molecule has 0 atom stereocenters. The van der Waals surface area contributed by atoms with Gasteiger partial charge in [0.25, 0.3) is 0 Å². The van der Waals surface area contributed by atoms with Crippen LogP contribution < -0.4 is 4.74 Å². The first-order valence-corrected chi connectivity index (χ1v) is 6.23. The molecular weight excluding hydrogens is 212 g/mol. The van der Waals surface area contributed by atoms with Gasteiger partial charge in [-0.25, -0.2) is 0 Å². The summed E-state index contributed by atoms with van der Waals surface area (Å²) in [4.78, 5) is 0. The van der Waals surface area contributed by atoms with Crippen molar-refractivity contribution in [3.05, 3.63) is 35.6 Å². The molecule has 0 unspecified atom stereocenters. The van der Waals surface area contributed by atoms with Crippen molar-refractivity contribution in [1.82, 2.24) is 0 Å². The molecule has 1 aromatic carbocycles. The maximum absolute atomic E-state index is 5.44. The fourth-order valence-electron chi connectivity index (χ4n) is 2.65. The van der Waals surface area contributed by atoms with Gasteiger partial charge in [0.15, 0.2) is 0 Å². The summed E-state index contributed by atoms with van der Waals surface area (Å²) in [6, 6.07) is 6.30. The monoisotopic (exact) mass is 232 g/mol. The van der Waals surface area contributed by atoms with E-state index in [0.717, 1.165) is 5.75 Å². The highest BCUT2D eigenvalue weighted by atomic mass is 16.5. The summed E-state index contributed by atoms with van der Waals surface area (Å²) in [6.45, 7) is 0. The summed E-state index contributed by atoms with van der Waals surface area (Å²) in [5.74, 6) is 1.62. The fourth-order valence-corrected chi connectivity index (χ4v) is 2.65. The zero-order valence-corrected chi connectivity index (χ0v) is 10.6. The second-order valence-electron chi connectivity index (χ2n) is 4.48. The van der Waals surface area contributed by atoms with Crippen molar-refractivity contribution in [2.75, 3.05) is 14.2 Å². The van der Waals surface area contributed by atoms with Crippen LogP contribution in [0.4, 0.5) is 0 Å². The van der Waals surface area contributed by atoms with Gasteiger partial charge in [0, 0.05) is 5.56 Å². The molecule has 0 amide bonds. The minimum atomic E-state index is 0.682. The van der Waals surface area contributed by atoms with Crippen LogP contribution in [0.3, 0.4) is 0 Å². The normalized spacial score (nSPS) is 16.6. The smallest absolute Gasteiger partial charge is 0.126 e. The second kappa shape index (κ2) is 5.76. The summed E-state index contributed by atoms with van der Waals surface area (Å²) >= 11 is 0. The quantitative estimate of drug-likeness (QED) is 0.731. The van der Waals surface area contributed by atoms with Crippen molar-refractivity contribution >= 4 is 6.08 Å². The Balaban J connectivity index is 2.38. The third-order valence-electron chi connectivity index (χ3n) is 3.49. The molecule has 2 nitrogen and oxygen atoms in total. The first-order valence-electron chi connectivity index (χ1n) is 6.23. The van der Waals surface area contributed by atoms with E-state index in [0.29, 0.717) is 5.92 Å². The van der Waals surface area contributed by atoms with Gasteiger partial charge in [-0.15, -0.1) is 0 Å². The van der Waals surface area contributed by atoms with Crippen LogP contribution in [0, 0.1) is 0 Å². The first-order chi connectivity index (χ1) is 8.36. The average Bonchev–Trinajstić information content (AvgIpc) is 2.89. The molecule has 0 saturated heterocycles. The molecule has 1 aliphatic carbocycles. The van der Waals surface area contributed by atoms with Gasteiger partial charge in [-0.3, -0.25) is 0 Å². The Morgan fingerprint density at radius 1 is 1.18 bits per heavy atom. The van der Waals surface area contributed by atoms with Gasteiger partial charge in [-0.2, -0.15) is 0 Å². The minimum absolute atomic E-state index is 0.682. The van der Waals surface area contributed by atoms with E-state index in [1.54, 1.807) is 20.5 Å². The number of methoxy groups -OCH3 is 2. The number of rotatable bonds is 4. The van der Waals surface area contributed by atoms with Gasteiger partial charge < -0.3 is 9.47 Å². The molecule has 0 aromatic heterocycles. The predicted molar refractivity (Wildman–Crippen MR) is 70.2 cm³/mol. The van der Waals surface area contributed by atoms with Crippen LogP contribution >= 0.6 is 0 Å². The van der Waals surface area contributed by atoms with Crippen LogP contribution in [0.1, 0.15) is 42.7 Å². The molecule has 0 bridgehead atoms.